The summed E-state index contributed by atoms with van der Waals surface area (Å²) in [5, 5.41) is 15.4. The van der Waals surface area contributed by atoms with Crippen molar-refractivity contribution in [3.8, 4) is 22.9 Å². The molecule has 0 saturated heterocycles. The number of ether oxygens (including phenoxy) is 2. The lowest BCUT2D eigenvalue weighted by atomic mass is 10.1. The first-order valence-corrected chi connectivity index (χ1v) is 12.5. The van der Waals surface area contributed by atoms with Gasteiger partial charge in [0.1, 0.15) is 11.5 Å². The average Bonchev–Trinajstić information content (AvgIpc) is 3.59. The third-order valence-corrected chi connectivity index (χ3v) is 6.06. The van der Waals surface area contributed by atoms with E-state index >= 15 is 0 Å². The summed E-state index contributed by atoms with van der Waals surface area (Å²) < 4.78 is 41.2. The summed E-state index contributed by atoms with van der Waals surface area (Å²) in [5.74, 6) is -0.156. The van der Waals surface area contributed by atoms with Gasteiger partial charge in [-0.25, -0.2) is 13.5 Å². The molecule has 1 aliphatic carbocycles. The van der Waals surface area contributed by atoms with E-state index in [2.05, 4.69) is 18.7 Å². The molecule has 0 amide bonds. The van der Waals surface area contributed by atoms with Gasteiger partial charge in [0.2, 0.25) is 5.88 Å². The zero-order valence-corrected chi connectivity index (χ0v) is 21.2. The molecule has 1 heterocycles. The highest BCUT2D eigenvalue weighted by Gasteiger charge is 2.29. The van der Waals surface area contributed by atoms with Crippen LogP contribution in [0.5, 0.6) is 11.6 Å². The van der Waals surface area contributed by atoms with Gasteiger partial charge in [-0.05, 0) is 36.8 Å². The Morgan fingerprint density at radius 3 is 2.53 bits per heavy atom. The summed E-state index contributed by atoms with van der Waals surface area (Å²) >= 11 is 0. The van der Waals surface area contributed by atoms with Crippen LogP contribution in [-0.2, 0) is 18.3 Å². The van der Waals surface area contributed by atoms with Gasteiger partial charge >= 0.3 is 0 Å². The van der Waals surface area contributed by atoms with E-state index in [9.17, 15) is 13.9 Å². The van der Waals surface area contributed by atoms with Crippen LogP contribution in [0.4, 0.5) is 8.78 Å². The van der Waals surface area contributed by atoms with Gasteiger partial charge < -0.3 is 14.6 Å². The Morgan fingerprint density at radius 1 is 1.11 bits per heavy atom. The highest BCUT2D eigenvalue weighted by molar-refractivity contribution is 5.65. The van der Waals surface area contributed by atoms with Gasteiger partial charge in [0, 0.05) is 44.9 Å². The number of aromatic nitrogens is 2. The molecular formula is C28H35F2N3O3. The molecule has 1 saturated carbocycles. The molecule has 194 valence electrons. The van der Waals surface area contributed by atoms with Crippen molar-refractivity contribution in [1.82, 2.24) is 14.7 Å². The van der Waals surface area contributed by atoms with E-state index in [1.54, 1.807) is 11.7 Å². The van der Waals surface area contributed by atoms with Gasteiger partial charge in [0.25, 0.3) is 0 Å². The van der Waals surface area contributed by atoms with E-state index in [1.807, 2.05) is 30.3 Å². The molecule has 0 unspecified atom stereocenters. The number of nitrogens with zero attached hydrogens (tertiary/aromatic N) is 3. The summed E-state index contributed by atoms with van der Waals surface area (Å²) in [6, 6.07) is 13.0. The van der Waals surface area contributed by atoms with Crippen molar-refractivity contribution in [2.24, 2.45) is 18.9 Å². The molecule has 36 heavy (non-hydrogen) atoms. The lowest BCUT2D eigenvalue weighted by Crippen LogP contribution is -2.36. The molecule has 1 aliphatic rings. The third-order valence-electron chi connectivity index (χ3n) is 6.06. The Balaban J connectivity index is 1.63. The maximum atomic E-state index is 14.5. The second kappa shape index (κ2) is 12.0. The van der Waals surface area contributed by atoms with Crippen LogP contribution in [0.25, 0.3) is 11.3 Å². The molecule has 4 rings (SSSR count). The van der Waals surface area contributed by atoms with E-state index in [1.165, 1.54) is 25.0 Å². The lowest BCUT2D eigenvalue weighted by Gasteiger charge is -2.26. The predicted octanol–water partition coefficient (Wildman–Crippen LogP) is 5.40. The second-order valence-corrected chi connectivity index (χ2v) is 10.0. The smallest absolute Gasteiger partial charge is 0.222 e. The predicted molar refractivity (Wildman–Crippen MR) is 135 cm³/mol. The Hall–Kier alpha value is -2.81. The maximum absolute atomic E-state index is 14.5. The topological polar surface area (TPSA) is 59.8 Å². The second-order valence-electron chi connectivity index (χ2n) is 10.0. The normalized spacial score (nSPS) is 14.6. The first-order chi connectivity index (χ1) is 17.3. The Kier molecular flexibility index (Phi) is 8.72. The summed E-state index contributed by atoms with van der Waals surface area (Å²) in [6.07, 6.45) is 1.69. The Labute approximate surface area is 211 Å². The largest absolute Gasteiger partial charge is 0.436 e. The van der Waals surface area contributed by atoms with Crippen LogP contribution in [-0.4, -0.2) is 52.2 Å². The Bertz CT molecular complexity index is 1130. The molecule has 1 fully saturated rings. The fourth-order valence-electron chi connectivity index (χ4n) is 4.20. The molecule has 8 heteroatoms. The third kappa shape index (κ3) is 7.12. The lowest BCUT2D eigenvalue weighted by molar-refractivity contribution is 0.00613. The molecule has 0 spiro atoms. The van der Waals surface area contributed by atoms with E-state index in [0.717, 1.165) is 29.4 Å². The zero-order valence-electron chi connectivity index (χ0n) is 21.2. The average molecular weight is 500 g/mol. The standard InChI is InChI=1S/C28H35F2N3O3/c1-19(2)17-35-18-23(34)15-33(14-20-9-10-20)16-24-27(21-7-5-4-6-8-21)31-32(3)28(24)36-26-12-11-22(29)13-25(26)30/h4-8,11-13,19-20,23,34H,9-10,14-18H2,1-3H3/t23-/m1/s1. The molecule has 1 aromatic heterocycles. The number of hydrogen-bond acceptors (Lipinski definition) is 5. The minimum absolute atomic E-state index is 0.0730. The van der Waals surface area contributed by atoms with Crippen molar-refractivity contribution >= 4 is 0 Å². The molecular weight excluding hydrogens is 464 g/mol. The number of hydrogen-bond donors (Lipinski definition) is 1. The Morgan fingerprint density at radius 2 is 1.86 bits per heavy atom. The van der Waals surface area contributed by atoms with Crippen LogP contribution in [0.1, 0.15) is 32.3 Å². The van der Waals surface area contributed by atoms with Crippen molar-refractivity contribution in [2.45, 2.75) is 39.3 Å². The highest BCUT2D eigenvalue weighted by Crippen LogP contribution is 2.36. The minimum Gasteiger partial charge on any atom is -0.436 e. The summed E-state index contributed by atoms with van der Waals surface area (Å²) in [4.78, 5) is 2.19. The zero-order chi connectivity index (χ0) is 25.7. The van der Waals surface area contributed by atoms with Gasteiger partial charge in [-0.1, -0.05) is 44.2 Å². The molecule has 0 aliphatic heterocycles. The van der Waals surface area contributed by atoms with Crippen molar-refractivity contribution in [3.63, 3.8) is 0 Å². The van der Waals surface area contributed by atoms with Crippen LogP contribution in [0.2, 0.25) is 0 Å². The fraction of sp³-hybridized carbons (Fsp3) is 0.464. The van der Waals surface area contributed by atoms with Gasteiger partial charge in [0.15, 0.2) is 11.6 Å². The van der Waals surface area contributed by atoms with E-state index < -0.39 is 17.7 Å². The minimum atomic E-state index is -0.782. The molecule has 1 N–H and O–H groups in total. The molecule has 2 aromatic carbocycles. The highest BCUT2D eigenvalue weighted by atomic mass is 19.1. The number of halogens is 2. The SMILES string of the molecule is CC(C)COC[C@H](O)CN(Cc1c(-c2ccccc2)nn(C)c1Oc1ccc(F)cc1F)CC1CC1. The van der Waals surface area contributed by atoms with E-state index in [4.69, 9.17) is 14.6 Å². The quantitative estimate of drug-likeness (QED) is 0.341. The van der Waals surface area contributed by atoms with Crippen LogP contribution >= 0.6 is 0 Å². The van der Waals surface area contributed by atoms with E-state index in [0.29, 0.717) is 37.4 Å². The first kappa shape index (κ1) is 26.3. The van der Waals surface area contributed by atoms with Crippen LogP contribution in [0, 0.1) is 23.5 Å². The van der Waals surface area contributed by atoms with Crippen molar-refractivity contribution in [3.05, 3.63) is 65.7 Å². The van der Waals surface area contributed by atoms with Crippen molar-refractivity contribution < 1.29 is 23.4 Å². The van der Waals surface area contributed by atoms with Crippen molar-refractivity contribution in [2.75, 3.05) is 26.3 Å². The van der Waals surface area contributed by atoms with Gasteiger partial charge in [-0.15, -0.1) is 0 Å². The fourth-order valence-corrected chi connectivity index (χ4v) is 4.20. The van der Waals surface area contributed by atoms with E-state index in [-0.39, 0.29) is 12.4 Å². The number of aliphatic hydroxyl groups excluding tert-OH is 1. The number of rotatable bonds is 13. The van der Waals surface area contributed by atoms with Crippen LogP contribution in [0.15, 0.2) is 48.5 Å². The maximum Gasteiger partial charge on any atom is 0.222 e. The number of aryl methyl sites for hydroxylation is 1. The number of aliphatic hydroxyl groups is 1. The molecule has 0 bridgehead atoms. The monoisotopic (exact) mass is 499 g/mol. The van der Waals surface area contributed by atoms with Crippen molar-refractivity contribution in [1.29, 1.82) is 0 Å². The summed E-state index contributed by atoms with van der Waals surface area (Å²) in [5.41, 5.74) is 2.41. The summed E-state index contributed by atoms with van der Waals surface area (Å²) in [7, 11) is 1.74. The molecule has 1 atom stereocenters. The molecule has 0 radical (unpaired) electrons. The first-order valence-electron chi connectivity index (χ1n) is 12.5. The molecule has 6 nitrogen and oxygen atoms in total. The molecule has 3 aromatic rings. The van der Waals surface area contributed by atoms with Gasteiger partial charge in [-0.2, -0.15) is 5.10 Å². The van der Waals surface area contributed by atoms with Crippen LogP contribution < -0.4 is 4.74 Å². The van der Waals surface area contributed by atoms with Crippen LogP contribution in [0.3, 0.4) is 0 Å². The summed E-state index contributed by atoms with van der Waals surface area (Å²) in [6.45, 7) is 6.73. The number of benzene rings is 2. The van der Waals surface area contributed by atoms with Gasteiger partial charge in [-0.3, -0.25) is 4.90 Å². The van der Waals surface area contributed by atoms with Gasteiger partial charge in [0.05, 0.1) is 18.3 Å².